The second-order valence-corrected chi connectivity index (χ2v) is 4.55. The summed E-state index contributed by atoms with van der Waals surface area (Å²) < 4.78 is 5.04. The van der Waals surface area contributed by atoms with Crippen LogP contribution in [0.5, 0.6) is 0 Å². The number of allylic oxidation sites excluding steroid dienone is 2. The van der Waals surface area contributed by atoms with E-state index < -0.39 is 0 Å². The topological polar surface area (TPSA) is 32.7 Å². The molecule has 0 radical (unpaired) electrons. The van der Waals surface area contributed by atoms with Crippen LogP contribution in [0.1, 0.15) is 13.8 Å². The van der Waals surface area contributed by atoms with Crippen molar-refractivity contribution in [2.24, 2.45) is 3.60 Å². The van der Waals surface area contributed by atoms with Gasteiger partial charge in [0.15, 0.2) is 0 Å². The van der Waals surface area contributed by atoms with E-state index in [-0.39, 0.29) is 0 Å². The van der Waals surface area contributed by atoms with Crippen molar-refractivity contribution in [1.29, 1.82) is 0 Å². The van der Waals surface area contributed by atoms with Crippen molar-refractivity contribution in [3.8, 4) is 0 Å². The maximum absolute atomic E-state index is 10.4. The van der Waals surface area contributed by atoms with Gasteiger partial charge in [-0.05, 0) is 0 Å². The molecule has 0 atom stereocenters. The van der Waals surface area contributed by atoms with Gasteiger partial charge in [-0.3, -0.25) is 0 Å². The number of amides is 1. The normalized spacial score (nSPS) is 10.5. The van der Waals surface area contributed by atoms with Gasteiger partial charge in [-0.15, -0.1) is 0 Å². The first kappa shape index (κ1) is 11.3. The molecule has 0 rings (SSSR count). The molecule has 0 bridgehead atoms. The van der Waals surface area contributed by atoms with Crippen LogP contribution in [0.3, 0.4) is 0 Å². The predicted octanol–water partition coefficient (Wildman–Crippen LogP) is 0.733. The third kappa shape index (κ3) is 3.44. The second kappa shape index (κ2) is 5.85. The summed E-state index contributed by atoms with van der Waals surface area (Å²) in [4.78, 5) is 10.4. The van der Waals surface area contributed by atoms with Crippen LogP contribution in [-0.2, 0) is 43.8 Å². The molecule has 5 heteroatoms. The Balaban J connectivity index is 4.61. The summed E-state index contributed by atoms with van der Waals surface area (Å²) in [6, 6.07) is 0. The summed E-state index contributed by atoms with van der Waals surface area (Å²) in [5.74, 6) is 0. The van der Waals surface area contributed by atoms with E-state index in [1.165, 1.54) is 28.3 Å². The van der Waals surface area contributed by atoms with E-state index in [9.17, 15) is 4.79 Å². The Hall–Kier alpha value is 0.257. The zero-order valence-electron chi connectivity index (χ0n) is 6.27. The average Bonchev–Trinajstić information content (AvgIpc) is 1.99. The van der Waals surface area contributed by atoms with E-state index in [1.807, 2.05) is 19.9 Å². The number of rotatable bonds is 4. The SMILES string of the molecule is CC=C([C](C)=[W])N(C=O)[N]=[W]. The monoisotopic (exact) mass is 492 g/mol. The number of hydrogen-bond donors (Lipinski definition) is 0. The van der Waals surface area contributed by atoms with Crippen LogP contribution in [0.4, 0.5) is 0 Å². The van der Waals surface area contributed by atoms with Crippen LogP contribution in [-0.4, -0.2) is 15.3 Å². The van der Waals surface area contributed by atoms with Gasteiger partial charge in [0.2, 0.25) is 0 Å². The third-order valence-electron chi connectivity index (χ3n) is 1.07. The molecule has 0 unspecified atom stereocenters. The van der Waals surface area contributed by atoms with Crippen molar-refractivity contribution in [2.45, 2.75) is 13.8 Å². The summed E-state index contributed by atoms with van der Waals surface area (Å²) in [5, 5.41) is 1.37. The molecule has 0 spiro atoms. The van der Waals surface area contributed by atoms with Crippen molar-refractivity contribution in [1.82, 2.24) is 5.01 Å². The molecule has 0 N–H and O–H groups in total. The number of nitrogens with zero attached hydrogens (tertiary/aromatic N) is 2. The van der Waals surface area contributed by atoms with E-state index in [1.54, 1.807) is 0 Å². The Morgan fingerprint density at radius 1 is 1.64 bits per heavy atom. The quantitative estimate of drug-likeness (QED) is 0.422. The Labute approximate surface area is 88.0 Å². The summed E-state index contributed by atoms with van der Waals surface area (Å²) >= 11 is 2.39. The van der Waals surface area contributed by atoms with Gasteiger partial charge >= 0.3 is 88.3 Å². The molecular formula is C6H8N2OW2. The van der Waals surface area contributed by atoms with Crippen molar-refractivity contribution in [2.75, 3.05) is 0 Å². The number of carbonyl (C=O) groups excluding carboxylic acids is 1. The fraction of sp³-hybridized carbons (Fsp3) is 0.333. The van der Waals surface area contributed by atoms with Gasteiger partial charge in [0, 0.05) is 0 Å². The van der Waals surface area contributed by atoms with Gasteiger partial charge in [0.05, 0.1) is 0 Å². The molecule has 60 valence electrons. The van der Waals surface area contributed by atoms with Gasteiger partial charge in [-0.2, -0.15) is 0 Å². The second-order valence-electron chi connectivity index (χ2n) is 1.76. The first-order valence-electron chi connectivity index (χ1n) is 2.92. The molecule has 0 aliphatic heterocycles. The number of hydrogen-bond acceptors (Lipinski definition) is 2. The average molecular weight is 492 g/mol. The molecule has 0 saturated heterocycles. The van der Waals surface area contributed by atoms with E-state index in [0.717, 1.165) is 31.7 Å². The maximum atomic E-state index is 10.4. The van der Waals surface area contributed by atoms with E-state index in [2.05, 4.69) is 3.60 Å². The van der Waals surface area contributed by atoms with Gasteiger partial charge in [-0.25, -0.2) is 0 Å². The molecular weight excluding hydrogens is 484 g/mol. The summed E-state index contributed by atoms with van der Waals surface area (Å²) in [6.45, 7) is 3.89. The molecule has 0 aliphatic carbocycles. The Morgan fingerprint density at radius 2 is 2.18 bits per heavy atom. The molecule has 0 saturated carbocycles. The first-order valence-corrected chi connectivity index (χ1v) is 5.70. The fourth-order valence-corrected chi connectivity index (χ4v) is 1.83. The van der Waals surface area contributed by atoms with E-state index in [0.29, 0.717) is 0 Å². The fourth-order valence-electron chi connectivity index (χ4n) is 0.617. The molecule has 0 fully saturated rings. The molecule has 0 heterocycles. The summed E-state index contributed by atoms with van der Waals surface area (Å²) in [7, 11) is 0. The van der Waals surface area contributed by atoms with Crippen LogP contribution in [0, 0.1) is 0 Å². The molecule has 0 aromatic carbocycles. The standard InChI is InChI=1S/C6H8N2O.2W/c1-3-6(4-2)8(7)5-9;;/h3,5H,1-2H3;;. The third-order valence-corrected chi connectivity index (χ3v) is 2.45. The van der Waals surface area contributed by atoms with Gasteiger partial charge in [0.1, 0.15) is 0 Å². The van der Waals surface area contributed by atoms with Crippen LogP contribution in [0.15, 0.2) is 15.4 Å². The van der Waals surface area contributed by atoms with Crippen LogP contribution < -0.4 is 0 Å². The Bertz CT molecular complexity index is 205. The van der Waals surface area contributed by atoms with Gasteiger partial charge in [0.25, 0.3) is 0 Å². The van der Waals surface area contributed by atoms with Gasteiger partial charge < -0.3 is 0 Å². The van der Waals surface area contributed by atoms with Crippen molar-refractivity contribution in [3.05, 3.63) is 11.8 Å². The molecule has 0 aliphatic rings. The molecule has 3 nitrogen and oxygen atoms in total. The molecule has 0 aromatic heterocycles. The van der Waals surface area contributed by atoms with Crippen LogP contribution in [0.25, 0.3) is 0 Å². The van der Waals surface area contributed by atoms with Crippen LogP contribution in [0.2, 0.25) is 0 Å². The molecule has 1 amide bonds. The zero-order chi connectivity index (χ0) is 8.85. The summed E-state index contributed by atoms with van der Waals surface area (Å²) in [5.41, 5.74) is 0.907. The minimum absolute atomic E-state index is 0.731. The molecule has 11 heavy (non-hydrogen) atoms. The van der Waals surface area contributed by atoms with E-state index >= 15 is 0 Å². The van der Waals surface area contributed by atoms with Crippen LogP contribution >= 0.6 is 0 Å². The van der Waals surface area contributed by atoms with E-state index in [4.69, 9.17) is 0 Å². The Kier molecular flexibility index (Phi) is 5.99. The summed E-state index contributed by atoms with van der Waals surface area (Å²) in [6.07, 6.45) is 2.62. The van der Waals surface area contributed by atoms with Crippen molar-refractivity contribution >= 4 is 10.3 Å². The molecule has 0 aromatic rings. The van der Waals surface area contributed by atoms with Gasteiger partial charge in [-0.1, -0.05) is 0 Å². The van der Waals surface area contributed by atoms with Crippen molar-refractivity contribution < 1.29 is 43.8 Å². The predicted molar refractivity (Wildman–Crippen MR) is 34.8 cm³/mol. The number of carbonyl (C=O) groups is 1. The van der Waals surface area contributed by atoms with Crippen molar-refractivity contribution in [3.63, 3.8) is 0 Å². The first-order chi connectivity index (χ1) is 5.17. The zero-order valence-corrected chi connectivity index (χ0v) is 12.1. The Morgan fingerprint density at radius 3 is 2.27 bits per heavy atom. The minimum atomic E-state index is 0.731.